The molecule has 4 aromatic carbocycles. The molecule has 166 valence electrons. The number of aromatic carboxylic acids is 1. The molecule has 0 aliphatic heterocycles. The van der Waals surface area contributed by atoms with Crippen LogP contribution in [0.4, 0.5) is 0 Å². The Morgan fingerprint density at radius 3 is 2.12 bits per heavy atom. The molecule has 0 amide bonds. The van der Waals surface area contributed by atoms with Gasteiger partial charge in [0, 0.05) is 12.3 Å². The van der Waals surface area contributed by atoms with Crippen LogP contribution in [0.25, 0.3) is 0 Å². The molecule has 4 rings (SSSR count). The van der Waals surface area contributed by atoms with Crippen molar-refractivity contribution in [1.29, 1.82) is 0 Å². The Labute approximate surface area is 195 Å². The van der Waals surface area contributed by atoms with Crippen LogP contribution in [0.15, 0.2) is 91.0 Å². The molecular formula is C30H28O3. The van der Waals surface area contributed by atoms with Gasteiger partial charge in [-0.25, -0.2) is 4.79 Å². The van der Waals surface area contributed by atoms with E-state index in [1.165, 1.54) is 11.1 Å². The van der Waals surface area contributed by atoms with E-state index in [4.69, 9.17) is 0 Å². The fraction of sp³-hybridized carbons (Fsp3) is 0.167. The molecule has 0 bridgehead atoms. The van der Waals surface area contributed by atoms with Crippen LogP contribution in [0.3, 0.4) is 0 Å². The number of hydrogen-bond donors (Lipinski definition) is 2. The van der Waals surface area contributed by atoms with Gasteiger partial charge in [-0.3, -0.25) is 0 Å². The molecule has 0 aliphatic carbocycles. The van der Waals surface area contributed by atoms with Gasteiger partial charge in [-0.1, -0.05) is 91.9 Å². The van der Waals surface area contributed by atoms with Crippen molar-refractivity contribution < 1.29 is 15.0 Å². The summed E-state index contributed by atoms with van der Waals surface area (Å²) < 4.78 is 0. The second-order valence-electron chi connectivity index (χ2n) is 8.57. The number of carbonyl (C=O) groups is 1. The third kappa shape index (κ3) is 4.98. The zero-order valence-electron chi connectivity index (χ0n) is 19.0. The van der Waals surface area contributed by atoms with Crippen LogP contribution in [-0.4, -0.2) is 16.2 Å². The third-order valence-electron chi connectivity index (χ3n) is 6.34. The van der Waals surface area contributed by atoms with E-state index in [0.717, 1.165) is 28.7 Å². The van der Waals surface area contributed by atoms with Gasteiger partial charge in [0.1, 0.15) is 11.3 Å². The Kier molecular flexibility index (Phi) is 6.60. The van der Waals surface area contributed by atoms with Gasteiger partial charge in [-0.2, -0.15) is 0 Å². The first-order chi connectivity index (χ1) is 15.9. The summed E-state index contributed by atoms with van der Waals surface area (Å²) in [6.07, 6.45) is 1.28. The Balaban J connectivity index is 1.75. The minimum atomic E-state index is -1.12. The predicted molar refractivity (Wildman–Crippen MR) is 132 cm³/mol. The maximum Gasteiger partial charge on any atom is 0.339 e. The van der Waals surface area contributed by atoms with Crippen LogP contribution in [0.1, 0.15) is 62.1 Å². The molecular weight excluding hydrogens is 408 g/mol. The van der Waals surface area contributed by atoms with Gasteiger partial charge in [0.25, 0.3) is 0 Å². The number of phenols is 1. The summed E-state index contributed by atoms with van der Waals surface area (Å²) in [6.45, 7) is 4.12. The number of aromatic hydroxyl groups is 1. The normalized spacial score (nSPS) is 11.8. The van der Waals surface area contributed by atoms with Gasteiger partial charge in [0.15, 0.2) is 0 Å². The summed E-state index contributed by atoms with van der Waals surface area (Å²) in [5, 5.41) is 20.5. The van der Waals surface area contributed by atoms with Crippen molar-refractivity contribution in [3.8, 4) is 5.75 Å². The fourth-order valence-electron chi connectivity index (χ4n) is 4.39. The van der Waals surface area contributed by atoms with E-state index in [1.54, 1.807) is 6.07 Å². The minimum absolute atomic E-state index is 0.0285. The first kappa shape index (κ1) is 22.3. The molecule has 33 heavy (non-hydrogen) atoms. The second kappa shape index (κ2) is 9.74. The molecule has 0 aliphatic rings. The molecule has 0 radical (unpaired) electrons. The van der Waals surface area contributed by atoms with Gasteiger partial charge in [0.2, 0.25) is 0 Å². The highest BCUT2D eigenvalue weighted by Crippen LogP contribution is 2.34. The summed E-state index contributed by atoms with van der Waals surface area (Å²) in [7, 11) is 0. The maximum absolute atomic E-state index is 12.0. The van der Waals surface area contributed by atoms with Gasteiger partial charge in [0.05, 0.1) is 0 Å². The lowest BCUT2D eigenvalue weighted by Gasteiger charge is -2.20. The number of carboxylic acid groups (broad SMARTS) is 1. The summed E-state index contributed by atoms with van der Waals surface area (Å²) in [4.78, 5) is 12.0. The number of benzene rings is 4. The second-order valence-corrected chi connectivity index (χ2v) is 8.57. The standard InChI is InChI=1S/C30H28O3/c1-20-10-6-7-13-23(20)17-26-18-25(19-28(29(26)31)30(32)33)21(2)27-15-9-8-14-24(27)16-22-11-4-3-5-12-22/h3-15,18-19,21,31H,16-17H2,1-2H3,(H,32,33). The van der Waals surface area contributed by atoms with Gasteiger partial charge < -0.3 is 10.2 Å². The molecule has 0 saturated carbocycles. The minimum Gasteiger partial charge on any atom is -0.507 e. The lowest BCUT2D eigenvalue weighted by molar-refractivity contribution is 0.0693. The van der Waals surface area contributed by atoms with Crippen LogP contribution < -0.4 is 0 Å². The average Bonchev–Trinajstić information content (AvgIpc) is 2.82. The van der Waals surface area contributed by atoms with Crippen molar-refractivity contribution in [2.24, 2.45) is 0 Å². The van der Waals surface area contributed by atoms with E-state index < -0.39 is 5.97 Å². The maximum atomic E-state index is 12.0. The lowest BCUT2D eigenvalue weighted by atomic mass is 9.85. The summed E-state index contributed by atoms with van der Waals surface area (Å²) in [5.41, 5.74) is 7.24. The van der Waals surface area contributed by atoms with E-state index in [-0.39, 0.29) is 17.2 Å². The molecule has 0 fully saturated rings. The summed E-state index contributed by atoms with van der Waals surface area (Å²) >= 11 is 0. The Bertz CT molecular complexity index is 1270. The first-order valence-corrected chi connectivity index (χ1v) is 11.2. The van der Waals surface area contributed by atoms with Gasteiger partial charge in [-0.15, -0.1) is 0 Å². The molecule has 3 nitrogen and oxygen atoms in total. The van der Waals surface area contributed by atoms with Crippen molar-refractivity contribution in [2.45, 2.75) is 32.6 Å². The highest BCUT2D eigenvalue weighted by molar-refractivity contribution is 5.91. The van der Waals surface area contributed by atoms with Crippen LogP contribution in [0.2, 0.25) is 0 Å². The monoisotopic (exact) mass is 436 g/mol. The zero-order chi connectivity index (χ0) is 23.4. The molecule has 4 aromatic rings. The number of hydrogen-bond acceptors (Lipinski definition) is 2. The molecule has 3 heteroatoms. The topological polar surface area (TPSA) is 57.5 Å². The van der Waals surface area contributed by atoms with E-state index in [1.807, 2.05) is 67.6 Å². The SMILES string of the molecule is Cc1ccccc1Cc1cc(C(C)c2ccccc2Cc2ccccc2)cc(C(=O)O)c1O. The molecule has 0 aromatic heterocycles. The van der Waals surface area contributed by atoms with E-state index in [9.17, 15) is 15.0 Å². The van der Waals surface area contributed by atoms with Gasteiger partial charge in [-0.05, 0) is 58.4 Å². The first-order valence-electron chi connectivity index (χ1n) is 11.2. The van der Waals surface area contributed by atoms with Crippen LogP contribution in [0, 0.1) is 6.92 Å². The fourth-order valence-corrected chi connectivity index (χ4v) is 4.39. The molecule has 0 heterocycles. The largest absolute Gasteiger partial charge is 0.507 e. The molecule has 0 saturated heterocycles. The summed E-state index contributed by atoms with van der Waals surface area (Å²) in [5.74, 6) is -1.30. The highest BCUT2D eigenvalue weighted by Gasteiger charge is 2.21. The Hall–Kier alpha value is -3.85. The lowest BCUT2D eigenvalue weighted by Crippen LogP contribution is -2.07. The highest BCUT2D eigenvalue weighted by atomic mass is 16.4. The third-order valence-corrected chi connectivity index (χ3v) is 6.34. The van der Waals surface area contributed by atoms with E-state index in [2.05, 4.69) is 31.2 Å². The van der Waals surface area contributed by atoms with Crippen LogP contribution in [0.5, 0.6) is 5.75 Å². The Morgan fingerprint density at radius 2 is 1.42 bits per heavy atom. The number of carboxylic acids is 1. The number of aryl methyl sites for hydroxylation is 1. The predicted octanol–water partition coefficient (Wildman–Crippen LogP) is 6.73. The van der Waals surface area contributed by atoms with E-state index in [0.29, 0.717) is 12.0 Å². The molecule has 1 unspecified atom stereocenters. The average molecular weight is 437 g/mol. The van der Waals surface area contributed by atoms with Crippen LogP contribution in [-0.2, 0) is 12.8 Å². The van der Waals surface area contributed by atoms with Crippen molar-refractivity contribution in [3.05, 3.63) is 136 Å². The smallest absolute Gasteiger partial charge is 0.339 e. The summed E-state index contributed by atoms with van der Waals surface area (Å²) in [6, 6.07) is 30.2. The van der Waals surface area contributed by atoms with Crippen molar-refractivity contribution in [1.82, 2.24) is 0 Å². The quantitative estimate of drug-likeness (QED) is 0.338. The molecule has 0 spiro atoms. The van der Waals surface area contributed by atoms with Crippen LogP contribution >= 0.6 is 0 Å². The van der Waals surface area contributed by atoms with Crippen molar-refractivity contribution in [2.75, 3.05) is 0 Å². The van der Waals surface area contributed by atoms with Crippen molar-refractivity contribution >= 4 is 5.97 Å². The zero-order valence-corrected chi connectivity index (χ0v) is 19.0. The molecule has 2 N–H and O–H groups in total. The Morgan fingerprint density at radius 1 is 0.788 bits per heavy atom. The molecule has 1 atom stereocenters. The van der Waals surface area contributed by atoms with Crippen molar-refractivity contribution in [3.63, 3.8) is 0 Å². The number of rotatable bonds is 7. The van der Waals surface area contributed by atoms with Gasteiger partial charge >= 0.3 is 5.97 Å². The van der Waals surface area contributed by atoms with E-state index >= 15 is 0 Å².